The third-order valence-corrected chi connectivity index (χ3v) is 13.8. The van der Waals surface area contributed by atoms with Gasteiger partial charge in [-0.1, -0.05) is 78.7 Å². The van der Waals surface area contributed by atoms with E-state index in [2.05, 4.69) is 49.1 Å². The Hall–Kier alpha value is -6.91. The van der Waals surface area contributed by atoms with E-state index in [1.807, 2.05) is 72.5 Å². The molecule has 2 aliphatic heterocycles. The predicted molar refractivity (Wildman–Crippen MR) is 262 cm³/mol. The molecule has 0 radical (unpaired) electrons. The van der Waals surface area contributed by atoms with Crippen LogP contribution in [-0.4, -0.2) is 71.8 Å². The van der Waals surface area contributed by atoms with Crippen molar-refractivity contribution < 1.29 is 43.5 Å². The van der Waals surface area contributed by atoms with Crippen LogP contribution in [0.15, 0.2) is 145 Å². The SMILES string of the molecule is C=CCO[C@@]12Oc3ccc(Oc4ccc(-c5ccccc5)cc4)cc3[C@H]3[C@H](CCCCO)[C@@H](CCCCO)C=C(C(=NOCC)C[C@@H]1N(Cc1ccc4c(c1)OCO4)C(=O)c1ccc(C#N)cc1)[C@H]32. The van der Waals surface area contributed by atoms with Crippen molar-refractivity contribution >= 4 is 11.6 Å². The van der Waals surface area contributed by atoms with Gasteiger partial charge in [0.1, 0.15) is 29.9 Å². The number of nitrogens with zero attached hydrogens (tertiary/aromatic N) is 3. The molecule has 4 aliphatic rings. The second kappa shape index (κ2) is 21.6. The summed E-state index contributed by atoms with van der Waals surface area (Å²) in [6.45, 7) is 6.82. The normalized spacial score (nSPS) is 22.3. The number of carbonyl (C=O) groups excluding carboxylic acids is 1. The molecule has 0 spiro atoms. The first-order valence-electron chi connectivity index (χ1n) is 24.1. The van der Waals surface area contributed by atoms with Crippen molar-refractivity contribution in [2.45, 2.75) is 76.2 Å². The van der Waals surface area contributed by atoms with Gasteiger partial charge in [0.05, 0.1) is 29.9 Å². The predicted octanol–water partition coefficient (Wildman–Crippen LogP) is 10.7. The molecule has 6 atom stereocenters. The van der Waals surface area contributed by atoms with Crippen molar-refractivity contribution in [2.24, 2.45) is 22.9 Å². The van der Waals surface area contributed by atoms with Crippen molar-refractivity contribution in [3.8, 4) is 45.9 Å². The molecule has 356 valence electrons. The van der Waals surface area contributed by atoms with Gasteiger partial charge in [-0.05, 0) is 133 Å². The van der Waals surface area contributed by atoms with Gasteiger partial charge >= 0.3 is 0 Å². The van der Waals surface area contributed by atoms with E-state index in [0.717, 1.165) is 53.5 Å². The first-order chi connectivity index (χ1) is 33.9. The number of allylic oxidation sites excluding steroid dienone is 1. The molecule has 2 N–H and O–H groups in total. The molecule has 1 amide bonds. The second-order valence-corrected chi connectivity index (χ2v) is 18.0. The van der Waals surface area contributed by atoms with Gasteiger partial charge in [-0.3, -0.25) is 4.79 Å². The molecule has 0 bridgehead atoms. The molecule has 1 fully saturated rings. The average Bonchev–Trinajstić information content (AvgIpc) is 3.86. The summed E-state index contributed by atoms with van der Waals surface area (Å²) in [7, 11) is 0. The number of aliphatic hydroxyl groups excluding tert-OH is 2. The summed E-state index contributed by atoms with van der Waals surface area (Å²) in [6.07, 6.45) is 8.74. The van der Waals surface area contributed by atoms with E-state index in [4.69, 9.17) is 33.7 Å². The number of benzene rings is 5. The Balaban J connectivity index is 1.22. The van der Waals surface area contributed by atoms with E-state index >= 15 is 4.79 Å². The third kappa shape index (κ3) is 9.86. The molecule has 1 saturated carbocycles. The van der Waals surface area contributed by atoms with Crippen LogP contribution in [0.3, 0.4) is 0 Å². The number of nitriles is 1. The molecule has 0 unspecified atom stereocenters. The molecular formula is C57H59N3O9. The van der Waals surface area contributed by atoms with Crippen LogP contribution in [0.2, 0.25) is 0 Å². The van der Waals surface area contributed by atoms with Gasteiger partial charge in [-0.2, -0.15) is 5.26 Å². The van der Waals surface area contributed by atoms with Crippen LogP contribution in [-0.2, 0) is 16.1 Å². The lowest BCUT2D eigenvalue weighted by Crippen LogP contribution is -2.70. The van der Waals surface area contributed by atoms with Gasteiger partial charge in [0.25, 0.3) is 5.91 Å². The lowest BCUT2D eigenvalue weighted by atomic mass is 9.55. The molecule has 2 heterocycles. The summed E-state index contributed by atoms with van der Waals surface area (Å²) in [6, 6.07) is 37.9. The van der Waals surface area contributed by atoms with Crippen LogP contribution >= 0.6 is 0 Å². The Morgan fingerprint density at radius 3 is 2.33 bits per heavy atom. The molecule has 12 heteroatoms. The van der Waals surface area contributed by atoms with E-state index in [1.54, 1.807) is 30.3 Å². The number of hydrogen-bond acceptors (Lipinski definition) is 11. The summed E-state index contributed by atoms with van der Waals surface area (Å²) in [5, 5.41) is 34.6. The molecule has 12 nitrogen and oxygen atoms in total. The van der Waals surface area contributed by atoms with Gasteiger partial charge in [0.15, 0.2) is 11.5 Å². The first-order valence-corrected chi connectivity index (χ1v) is 24.1. The van der Waals surface area contributed by atoms with Gasteiger partial charge in [0.2, 0.25) is 12.6 Å². The fourth-order valence-corrected chi connectivity index (χ4v) is 10.7. The number of carbonyl (C=O) groups is 1. The minimum atomic E-state index is -1.50. The number of amides is 1. The van der Waals surface area contributed by atoms with E-state index in [1.165, 1.54) is 0 Å². The van der Waals surface area contributed by atoms with E-state index in [0.29, 0.717) is 65.0 Å². The second-order valence-electron chi connectivity index (χ2n) is 18.0. The number of hydrogen-bond donors (Lipinski definition) is 2. The van der Waals surface area contributed by atoms with Crippen molar-refractivity contribution in [3.05, 3.63) is 162 Å². The van der Waals surface area contributed by atoms with Crippen LogP contribution in [0, 0.1) is 29.1 Å². The molecule has 5 aromatic rings. The highest BCUT2D eigenvalue weighted by Crippen LogP contribution is 2.62. The summed E-state index contributed by atoms with van der Waals surface area (Å²) in [4.78, 5) is 23.2. The van der Waals surface area contributed by atoms with Crippen LogP contribution in [0.25, 0.3) is 11.1 Å². The highest BCUT2D eigenvalue weighted by molar-refractivity contribution is 6.03. The molecule has 0 aromatic heterocycles. The average molecular weight is 930 g/mol. The monoisotopic (exact) mass is 929 g/mol. The van der Waals surface area contributed by atoms with Crippen molar-refractivity contribution in [1.29, 1.82) is 5.26 Å². The lowest BCUT2D eigenvalue weighted by molar-refractivity contribution is -0.255. The maximum Gasteiger partial charge on any atom is 0.254 e. The number of rotatable bonds is 20. The molecule has 2 aliphatic carbocycles. The lowest BCUT2D eigenvalue weighted by Gasteiger charge is -2.60. The Bertz CT molecular complexity index is 2700. The van der Waals surface area contributed by atoms with E-state index < -0.39 is 17.7 Å². The van der Waals surface area contributed by atoms with E-state index in [-0.39, 0.29) is 63.2 Å². The smallest absolute Gasteiger partial charge is 0.254 e. The van der Waals surface area contributed by atoms with Crippen molar-refractivity contribution in [1.82, 2.24) is 4.90 Å². The Kier molecular flexibility index (Phi) is 14.8. The molecule has 5 aromatic carbocycles. The first kappa shape index (κ1) is 47.2. The van der Waals surface area contributed by atoms with Crippen molar-refractivity contribution in [3.63, 3.8) is 0 Å². The zero-order valence-corrected chi connectivity index (χ0v) is 39.0. The Morgan fingerprint density at radius 1 is 0.870 bits per heavy atom. The minimum absolute atomic E-state index is 0.0161. The molecule has 69 heavy (non-hydrogen) atoms. The van der Waals surface area contributed by atoms with Gasteiger partial charge < -0.3 is 43.6 Å². The van der Waals surface area contributed by atoms with Gasteiger partial charge in [-0.25, -0.2) is 0 Å². The Labute approximate surface area is 404 Å². The maximum absolute atomic E-state index is 15.5. The fourth-order valence-electron chi connectivity index (χ4n) is 10.7. The highest BCUT2D eigenvalue weighted by atomic mass is 16.7. The maximum atomic E-state index is 15.5. The van der Waals surface area contributed by atoms with Crippen LogP contribution < -0.4 is 18.9 Å². The summed E-state index contributed by atoms with van der Waals surface area (Å²) in [5.41, 5.74) is 6.39. The fraction of sp³-hybridized carbons (Fsp3) is 0.351. The topological polar surface area (TPSA) is 152 Å². The number of unbranched alkanes of at least 4 members (excludes halogenated alkanes) is 2. The number of aliphatic hydroxyl groups is 2. The standard InChI is InChI=1S/C57H59N3O9/c1-3-30-66-57-53(60(56(63)42-19-16-38(35-58)17-20-42)36-39-18-26-51-52(31-39)65-37-64-51)34-49(59-67-4-2)47-32-43(14-8-10-28-61)46(15-9-11-29-62)54(55(47)57)48-33-45(25-27-50(48)69-57)68-44-23-21-41(22-24-44)40-12-6-5-7-13-40/h3,5-7,12-13,16-27,31-33,43,46,53-55,61-62H,1,4,8-11,14-15,28-30,34,36-37H2,2H3/t43-,46+,53-,54+,55+,57+/m0/s1. The zero-order valence-electron chi connectivity index (χ0n) is 39.0. The van der Waals surface area contributed by atoms with E-state index in [9.17, 15) is 15.5 Å². The minimum Gasteiger partial charge on any atom is -0.459 e. The van der Waals surface area contributed by atoms with Crippen LogP contribution in [0.5, 0.6) is 28.7 Å². The number of ether oxygens (including phenoxy) is 5. The van der Waals surface area contributed by atoms with Gasteiger partial charge in [0, 0.05) is 43.2 Å². The van der Waals surface area contributed by atoms with Crippen LogP contribution in [0.1, 0.15) is 84.8 Å². The Morgan fingerprint density at radius 2 is 1.59 bits per heavy atom. The molecular weight excluding hydrogens is 871 g/mol. The number of oxime groups is 1. The molecule has 0 saturated heterocycles. The largest absolute Gasteiger partial charge is 0.459 e. The quantitative estimate of drug-likeness (QED) is 0.0438. The zero-order chi connectivity index (χ0) is 47.7. The summed E-state index contributed by atoms with van der Waals surface area (Å²) in [5.74, 6) is 0.642. The van der Waals surface area contributed by atoms with Crippen molar-refractivity contribution in [2.75, 3.05) is 33.2 Å². The summed E-state index contributed by atoms with van der Waals surface area (Å²) < 4.78 is 32.9. The highest BCUT2D eigenvalue weighted by Gasteiger charge is 2.65. The molecule has 9 rings (SSSR count). The van der Waals surface area contributed by atoms with Gasteiger partial charge in [-0.15, -0.1) is 6.58 Å². The third-order valence-electron chi connectivity index (χ3n) is 13.8. The van der Waals surface area contributed by atoms with Crippen LogP contribution in [0.4, 0.5) is 0 Å². The summed E-state index contributed by atoms with van der Waals surface area (Å²) >= 11 is 0. The number of fused-ring (bicyclic) bond motifs is 3.